The van der Waals surface area contributed by atoms with Gasteiger partial charge in [0.25, 0.3) is 0 Å². The first kappa shape index (κ1) is 30.4. The fourth-order valence-corrected chi connectivity index (χ4v) is 10.7. The van der Waals surface area contributed by atoms with E-state index in [2.05, 4.69) is 193 Å². The lowest BCUT2D eigenvalue weighted by Gasteiger charge is -2.26. The van der Waals surface area contributed by atoms with Gasteiger partial charge in [-0.1, -0.05) is 146 Å². The maximum Gasteiger partial charge on any atom is 0.0640 e. The van der Waals surface area contributed by atoms with Gasteiger partial charge in [0.15, 0.2) is 0 Å². The number of hydrogen-bond acceptors (Lipinski definition) is 3. The summed E-state index contributed by atoms with van der Waals surface area (Å²) in [5.41, 5.74) is 8.36. The molecule has 0 radical (unpaired) electrons. The minimum Gasteiger partial charge on any atom is -0.309 e. The van der Waals surface area contributed by atoms with Crippen molar-refractivity contribution in [3.63, 3.8) is 0 Å². The zero-order chi connectivity index (χ0) is 34.9. The van der Waals surface area contributed by atoms with Gasteiger partial charge in [-0.05, 0) is 86.3 Å². The monoisotopic (exact) mass is 709 g/mol. The highest BCUT2D eigenvalue weighted by Crippen LogP contribution is 2.49. The van der Waals surface area contributed by atoms with Gasteiger partial charge in [0.1, 0.15) is 0 Å². The van der Waals surface area contributed by atoms with Crippen molar-refractivity contribution < 1.29 is 0 Å². The molecule has 9 aromatic carbocycles. The van der Waals surface area contributed by atoms with Crippen molar-refractivity contribution in [2.45, 2.75) is 0 Å². The Hall–Kier alpha value is -6.26. The normalized spacial score (nSPS) is 11.8. The van der Waals surface area contributed by atoms with Crippen LogP contribution in [0.4, 0.5) is 17.1 Å². The van der Waals surface area contributed by atoms with Crippen molar-refractivity contribution in [1.29, 1.82) is 0 Å². The van der Waals surface area contributed by atoms with Crippen molar-refractivity contribution >= 4 is 102 Å². The molecule has 0 atom stereocenters. The van der Waals surface area contributed by atoms with Gasteiger partial charge in [0.05, 0.1) is 10.4 Å². The summed E-state index contributed by atoms with van der Waals surface area (Å²) in [7, 11) is 0. The molecule has 0 saturated heterocycles. The van der Waals surface area contributed by atoms with Crippen LogP contribution in [0.2, 0.25) is 0 Å². The average Bonchev–Trinajstić information content (AvgIpc) is 3.80. The standard InChI is InChI=1S/C50H31NS2/c1-3-14-38-32(10-1)12-7-17-40(38)34-22-26-36(27-23-34)51(37-28-24-35(25-29-37)41-18-8-13-33-11-2-4-15-39(33)41)45-20-9-19-42-43-30-31-47-48(50(43)53-49(42)45)44-16-5-6-21-46(44)52-47/h1-31H. The molecule has 11 aromatic rings. The van der Waals surface area contributed by atoms with Crippen LogP contribution in [-0.4, -0.2) is 0 Å². The molecule has 0 aliphatic carbocycles. The molecule has 0 aliphatic heterocycles. The molecule has 2 heterocycles. The molecule has 0 bridgehead atoms. The Bertz CT molecular complexity index is 3030. The van der Waals surface area contributed by atoms with Crippen LogP contribution in [0, 0.1) is 0 Å². The molecule has 0 unspecified atom stereocenters. The van der Waals surface area contributed by atoms with Gasteiger partial charge in [-0.2, -0.15) is 0 Å². The number of fused-ring (bicyclic) bond motifs is 9. The lowest BCUT2D eigenvalue weighted by molar-refractivity contribution is 1.30. The van der Waals surface area contributed by atoms with Crippen molar-refractivity contribution in [2.75, 3.05) is 4.90 Å². The molecule has 2 aromatic heterocycles. The Balaban J connectivity index is 1.11. The lowest BCUT2D eigenvalue weighted by Crippen LogP contribution is -2.10. The Labute approximate surface area is 315 Å². The van der Waals surface area contributed by atoms with Gasteiger partial charge in [-0.3, -0.25) is 0 Å². The van der Waals surface area contributed by atoms with Gasteiger partial charge in [-0.25, -0.2) is 0 Å². The third-order valence-electron chi connectivity index (χ3n) is 10.7. The summed E-state index contributed by atoms with van der Waals surface area (Å²) >= 11 is 3.81. The highest BCUT2D eigenvalue weighted by Gasteiger charge is 2.20. The van der Waals surface area contributed by atoms with Crippen LogP contribution >= 0.6 is 22.7 Å². The van der Waals surface area contributed by atoms with E-state index in [1.165, 1.54) is 89.8 Å². The fraction of sp³-hybridized carbons (Fsp3) is 0. The minimum atomic E-state index is 1.13. The summed E-state index contributed by atoms with van der Waals surface area (Å²) in [5.74, 6) is 0. The Morgan fingerprint density at radius 3 is 1.47 bits per heavy atom. The van der Waals surface area contributed by atoms with Crippen molar-refractivity contribution in [3.05, 3.63) is 188 Å². The second kappa shape index (κ2) is 12.2. The molecule has 0 aliphatic rings. The smallest absolute Gasteiger partial charge is 0.0640 e. The molecule has 11 rings (SSSR count). The van der Waals surface area contributed by atoms with Crippen LogP contribution in [0.25, 0.3) is 84.1 Å². The second-order valence-electron chi connectivity index (χ2n) is 13.7. The number of thiophene rings is 2. The van der Waals surface area contributed by atoms with Crippen LogP contribution in [0.1, 0.15) is 0 Å². The van der Waals surface area contributed by atoms with E-state index in [0.29, 0.717) is 0 Å². The quantitative estimate of drug-likeness (QED) is 0.172. The van der Waals surface area contributed by atoms with Crippen LogP contribution in [0.3, 0.4) is 0 Å². The Kier molecular flexibility index (Phi) is 6.97. The van der Waals surface area contributed by atoms with Gasteiger partial charge >= 0.3 is 0 Å². The molecule has 0 amide bonds. The molecule has 0 N–H and O–H groups in total. The van der Waals surface area contributed by atoms with Crippen LogP contribution in [-0.2, 0) is 0 Å². The van der Waals surface area contributed by atoms with Crippen LogP contribution < -0.4 is 4.90 Å². The average molecular weight is 710 g/mol. The number of anilines is 3. The van der Waals surface area contributed by atoms with E-state index >= 15 is 0 Å². The van der Waals surface area contributed by atoms with E-state index in [4.69, 9.17) is 0 Å². The van der Waals surface area contributed by atoms with Gasteiger partial charge < -0.3 is 4.90 Å². The first-order valence-electron chi connectivity index (χ1n) is 18.0. The van der Waals surface area contributed by atoms with Crippen molar-refractivity contribution in [3.8, 4) is 22.3 Å². The zero-order valence-electron chi connectivity index (χ0n) is 28.7. The number of hydrogen-bond donors (Lipinski definition) is 0. The van der Waals surface area contributed by atoms with Crippen LogP contribution in [0.15, 0.2) is 188 Å². The number of nitrogens with zero attached hydrogens (tertiary/aromatic N) is 1. The lowest BCUT2D eigenvalue weighted by atomic mass is 9.97. The SMILES string of the molecule is c1ccc2c(-c3ccc(N(c4ccc(-c5cccc6ccccc56)cc4)c4cccc5c4sc4c5ccc5sc6ccccc6c54)cc3)cccc2c1. The summed E-state index contributed by atoms with van der Waals surface area (Å²) in [4.78, 5) is 2.44. The van der Waals surface area contributed by atoms with Crippen molar-refractivity contribution in [2.24, 2.45) is 0 Å². The highest BCUT2D eigenvalue weighted by molar-refractivity contribution is 7.30. The topological polar surface area (TPSA) is 3.24 Å². The highest BCUT2D eigenvalue weighted by atomic mass is 32.1. The van der Waals surface area contributed by atoms with Crippen LogP contribution in [0.5, 0.6) is 0 Å². The molecular weight excluding hydrogens is 679 g/mol. The molecule has 3 heteroatoms. The predicted octanol–water partition coefficient (Wildman–Crippen LogP) is 15.5. The van der Waals surface area contributed by atoms with E-state index in [-0.39, 0.29) is 0 Å². The fourth-order valence-electron chi connectivity index (χ4n) is 8.19. The molecule has 0 fully saturated rings. The summed E-state index contributed by atoms with van der Waals surface area (Å²) < 4.78 is 5.34. The summed E-state index contributed by atoms with van der Waals surface area (Å²) in [5, 5.41) is 10.4. The third kappa shape index (κ3) is 4.89. The Morgan fingerprint density at radius 2 is 0.830 bits per heavy atom. The Morgan fingerprint density at radius 1 is 0.321 bits per heavy atom. The van der Waals surface area contributed by atoms with E-state index in [9.17, 15) is 0 Å². The zero-order valence-corrected chi connectivity index (χ0v) is 30.3. The third-order valence-corrected chi connectivity index (χ3v) is 13.1. The molecule has 0 spiro atoms. The minimum absolute atomic E-state index is 1.13. The summed E-state index contributed by atoms with van der Waals surface area (Å²) in [6, 6.07) is 69.0. The van der Waals surface area contributed by atoms with Gasteiger partial charge in [-0.15, -0.1) is 22.7 Å². The van der Waals surface area contributed by atoms with Gasteiger partial charge in [0, 0.05) is 47.0 Å². The molecule has 53 heavy (non-hydrogen) atoms. The maximum absolute atomic E-state index is 2.44. The van der Waals surface area contributed by atoms with E-state index in [1.807, 2.05) is 22.7 Å². The molecule has 0 saturated carbocycles. The maximum atomic E-state index is 2.44. The first-order valence-corrected chi connectivity index (χ1v) is 19.6. The molecule has 1 nitrogen and oxygen atoms in total. The number of benzene rings is 9. The van der Waals surface area contributed by atoms with E-state index in [1.54, 1.807) is 0 Å². The number of rotatable bonds is 5. The van der Waals surface area contributed by atoms with E-state index < -0.39 is 0 Å². The molecule has 248 valence electrons. The summed E-state index contributed by atoms with van der Waals surface area (Å²) in [6.07, 6.45) is 0. The first-order chi connectivity index (χ1) is 26.3. The summed E-state index contributed by atoms with van der Waals surface area (Å²) in [6.45, 7) is 0. The second-order valence-corrected chi connectivity index (χ2v) is 15.8. The van der Waals surface area contributed by atoms with Gasteiger partial charge in [0.2, 0.25) is 0 Å². The van der Waals surface area contributed by atoms with Crippen molar-refractivity contribution in [1.82, 2.24) is 0 Å². The van der Waals surface area contributed by atoms with E-state index in [0.717, 1.165) is 11.4 Å². The largest absolute Gasteiger partial charge is 0.309 e. The predicted molar refractivity (Wildman–Crippen MR) is 233 cm³/mol. The molecular formula is C50H31NS2.